The van der Waals surface area contributed by atoms with Crippen molar-refractivity contribution in [2.24, 2.45) is 0 Å². The van der Waals surface area contributed by atoms with Crippen LogP contribution in [0.4, 0.5) is 0 Å². The topological polar surface area (TPSA) is 9.23 Å². The standard InChI is InChI=1S/C7H8O.CH3.Y/c1-8-7-5-3-2-4-6-7;;/h2-6H,1H3;1H3;/q;-1;. The van der Waals surface area contributed by atoms with Crippen LogP contribution in [0.5, 0.6) is 5.75 Å². The average molecular weight is 212 g/mol. The number of rotatable bonds is 1. The van der Waals surface area contributed by atoms with Gasteiger partial charge in [0.05, 0.1) is 7.11 Å². The van der Waals surface area contributed by atoms with Crippen LogP contribution in [0.2, 0.25) is 0 Å². The monoisotopic (exact) mass is 212 g/mol. The first-order valence-corrected chi connectivity index (χ1v) is 2.52. The van der Waals surface area contributed by atoms with Gasteiger partial charge in [0.1, 0.15) is 5.75 Å². The minimum atomic E-state index is 0. The van der Waals surface area contributed by atoms with Crippen LogP contribution in [-0.2, 0) is 32.7 Å². The van der Waals surface area contributed by atoms with Crippen LogP contribution in [0, 0.1) is 7.43 Å². The summed E-state index contributed by atoms with van der Waals surface area (Å²) < 4.78 is 4.91. The summed E-state index contributed by atoms with van der Waals surface area (Å²) in [6.07, 6.45) is 0. The van der Waals surface area contributed by atoms with Crippen LogP contribution >= 0.6 is 0 Å². The summed E-state index contributed by atoms with van der Waals surface area (Å²) in [4.78, 5) is 0. The van der Waals surface area contributed by atoms with Gasteiger partial charge in [0.2, 0.25) is 0 Å². The number of hydrogen-bond acceptors (Lipinski definition) is 1. The van der Waals surface area contributed by atoms with Crippen molar-refractivity contribution in [3.8, 4) is 5.75 Å². The molecule has 0 unspecified atom stereocenters. The molecule has 0 aliphatic rings. The van der Waals surface area contributed by atoms with E-state index in [0.717, 1.165) is 5.75 Å². The minimum absolute atomic E-state index is 0. The van der Waals surface area contributed by atoms with Gasteiger partial charge in [-0.3, -0.25) is 0 Å². The second kappa shape index (κ2) is 7.23. The Bertz CT molecular complexity index is 151. The predicted octanol–water partition coefficient (Wildman–Crippen LogP) is 2.14. The van der Waals surface area contributed by atoms with Gasteiger partial charge < -0.3 is 12.2 Å². The molecular formula is C8H11OY-. The SMILES string of the molecule is COc1ccccc1.[CH3-].[Y]. The maximum Gasteiger partial charge on any atom is 0.118 e. The molecule has 53 valence electrons. The van der Waals surface area contributed by atoms with Crippen molar-refractivity contribution in [1.82, 2.24) is 0 Å². The average Bonchev–Trinajstić information content (AvgIpc) is 1.90. The van der Waals surface area contributed by atoms with Crippen molar-refractivity contribution in [2.45, 2.75) is 0 Å². The van der Waals surface area contributed by atoms with Crippen molar-refractivity contribution in [2.75, 3.05) is 7.11 Å². The van der Waals surface area contributed by atoms with E-state index in [0.29, 0.717) is 0 Å². The first-order valence-electron chi connectivity index (χ1n) is 2.52. The van der Waals surface area contributed by atoms with E-state index in [1.165, 1.54) is 0 Å². The van der Waals surface area contributed by atoms with Crippen molar-refractivity contribution in [3.63, 3.8) is 0 Å². The Hall–Kier alpha value is 0.124. The summed E-state index contributed by atoms with van der Waals surface area (Å²) in [5, 5.41) is 0. The maximum absolute atomic E-state index is 4.91. The van der Waals surface area contributed by atoms with E-state index >= 15 is 0 Å². The fraction of sp³-hybridized carbons (Fsp3) is 0.125. The second-order valence-electron chi connectivity index (χ2n) is 1.52. The second-order valence-corrected chi connectivity index (χ2v) is 1.52. The van der Waals surface area contributed by atoms with Crippen LogP contribution in [0.25, 0.3) is 0 Å². The summed E-state index contributed by atoms with van der Waals surface area (Å²) in [6.45, 7) is 0. The third-order valence-corrected chi connectivity index (χ3v) is 0.979. The van der Waals surface area contributed by atoms with Crippen molar-refractivity contribution in [3.05, 3.63) is 37.8 Å². The van der Waals surface area contributed by atoms with Gasteiger partial charge in [-0.15, -0.1) is 0 Å². The summed E-state index contributed by atoms with van der Waals surface area (Å²) in [6, 6.07) is 9.68. The number of ether oxygens (including phenoxy) is 1. The van der Waals surface area contributed by atoms with E-state index in [2.05, 4.69) is 0 Å². The van der Waals surface area contributed by atoms with Gasteiger partial charge in [0, 0.05) is 32.7 Å². The molecule has 1 radical (unpaired) electrons. The summed E-state index contributed by atoms with van der Waals surface area (Å²) in [5.74, 6) is 0.910. The maximum atomic E-state index is 4.91. The summed E-state index contributed by atoms with van der Waals surface area (Å²) in [5.41, 5.74) is 0. The molecule has 1 nitrogen and oxygen atoms in total. The minimum Gasteiger partial charge on any atom is -0.497 e. The molecule has 0 aliphatic carbocycles. The molecule has 10 heavy (non-hydrogen) atoms. The van der Waals surface area contributed by atoms with Crippen LogP contribution < -0.4 is 4.74 Å². The van der Waals surface area contributed by atoms with Crippen molar-refractivity contribution in [1.29, 1.82) is 0 Å². The third kappa shape index (κ3) is 4.02. The molecule has 0 spiro atoms. The van der Waals surface area contributed by atoms with Gasteiger partial charge in [-0.25, -0.2) is 0 Å². The largest absolute Gasteiger partial charge is 0.497 e. The van der Waals surface area contributed by atoms with E-state index < -0.39 is 0 Å². The van der Waals surface area contributed by atoms with E-state index in [1.54, 1.807) is 7.11 Å². The molecule has 1 aromatic rings. The Morgan fingerprint density at radius 1 is 1.10 bits per heavy atom. The fourth-order valence-corrected chi connectivity index (χ4v) is 0.557. The quantitative estimate of drug-likeness (QED) is 0.648. The van der Waals surface area contributed by atoms with Gasteiger partial charge >= 0.3 is 0 Å². The van der Waals surface area contributed by atoms with Crippen LogP contribution in [-0.4, -0.2) is 7.11 Å². The molecular weight excluding hydrogens is 201 g/mol. The van der Waals surface area contributed by atoms with E-state index in [4.69, 9.17) is 4.74 Å². The van der Waals surface area contributed by atoms with E-state index in [9.17, 15) is 0 Å². The molecule has 1 rings (SSSR count). The smallest absolute Gasteiger partial charge is 0.118 e. The zero-order valence-electron chi connectivity index (χ0n) is 6.37. The Balaban J connectivity index is 0. The van der Waals surface area contributed by atoms with Crippen LogP contribution in [0.3, 0.4) is 0 Å². The molecule has 0 amide bonds. The molecule has 0 N–H and O–H groups in total. The number of methoxy groups -OCH3 is 1. The summed E-state index contributed by atoms with van der Waals surface area (Å²) in [7, 11) is 1.66. The summed E-state index contributed by atoms with van der Waals surface area (Å²) >= 11 is 0. The molecule has 0 atom stereocenters. The van der Waals surface area contributed by atoms with Crippen molar-refractivity contribution >= 4 is 0 Å². The third-order valence-electron chi connectivity index (χ3n) is 0.979. The van der Waals surface area contributed by atoms with Gasteiger partial charge in [0.15, 0.2) is 0 Å². The fourth-order valence-electron chi connectivity index (χ4n) is 0.557. The van der Waals surface area contributed by atoms with Gasteiger partial charge in [-0.2, -0.15) is 0 Å². The Labute approximate surface area is 87.7 Å². The molecule has 0 fully saturated rings. The molecule has 0 saturated heterocycles. The van der Waals surface area contributed by atoms with Gasteiger partial charge in [-0.1, -0.05) is 18.2 Å². The molecule has 0 aromatic heterocycles. The normalized spacial score (nSPS) is 6.90. The first kappa shape index (κ1) is 12.8. The Morgan fingerprint density at radius 3 is 1.90 bits per heavy atom. The van der Waals surface area contributed by atoms with Crippen molar-refractivity contribution < 1.29 is 37.4 Å². The van der Waals surface area contributed by atoms with Crippen LogP contribution in [0.1, 0.15) is 0 Å². The zero-order chi connectivity index (χ0) is 5.82. The zero-order valence-corrected chi connectivity index (χ0v) is 9.21. The predicted molar refractivity (Wildman–Crippen MR) is 39.4 cm³/mol. The molecule has 0 aliphatic heterocycles. The molecule has 0 bridgehead atoms. The molecule has 2 heteroatoms. The Kier molecular flexibility index (Phi) is 9.24. The molecule has 0 saturated carbocycles. The van der Waals surface area contributed by atoms with Gasteiger partial charge in [0.25, 0.3) is 0 Å². The first-order chi connectivity index (χ1) is 3.93. The van der Waals surface area contributed by atoms with Gasteiger partial charge in [-0.05, 0) is 12.1 Å². The van der Waals surface area contributed by atoms with Crippen LogP contribution in [0.15, 0.2) is 30.3 Å². The molecule has 1 aromatic carbocycles. The molecule has 0 heterocycles. The van der Waals surface area contributed by atoms with E-state index in [1.807, 2.05) is 30.3 Å². The number of para-hydroxylation sites is 1. The number of benzene rings is 1. The number of hydrogen-bond donors (Lipinski definition) is 0. The Morgan fingerprint density at radius 2 is 1.60 bits per heavy atom. The van der Waals surface area contributed by atoms with E-state index in [-0.39, 0.29) is 40.1 Å².